The number of likely N-dealkylation sites (N-methyl/N-ethyl adjacent to an activating group) is 4. The van der Waals surface area contributed by atoms with Gasteiger partial charge in [0.25, 0.3) is 11.8 Å². The number of ether oxygens (including phenoxy) is 9. The van der Waals surface area contributed by atoms with Crippen LogP contribution in [0.15, 0.2) is 121 Å². The second-order valence-electron chi connectivity index (χ2n) is 28.2. The SMILES string of the molecule is CNC1(C(=O)O[C@H](C)C(=O)N(C)[C@@H](CC(C)(C)F)C(=O)O[C@H](Cc2ccc(C3=CCOCC3)cc2)C(=O)OCc2ccccc2)CC1.C[C@@H](OC(=O)C1(N(C)C(=O)OC(C)(C)C)CC1)C(=O)N(C)[C@@H](CC(C)(C)F)C(=O)O[C@H](Cc1ccc(C2=CCOCC2)cc1)C(=O)OCc1ccccc1. The molecule has 2 heterocycles. The highest BCUT2D eigenvalue weighted by molar-refractivity contribution is 5.94. The van der Waals surface area contributed by atoms with E-state index in [1.807, 2.05) is 84.9 Å². The maximum atomic E-state index is 15.2. The van der Waals surface area contributed by atoms with Crippen LogP contribution in [0.3, 0.4) is 0 Å². The molecular weight excluding hydrogens is 1310 g/mol. The standard InChI is InChI=1S/C41H53FN2O10.C36H45FN2O8/c1-27(52-37(48)41(20-21-41)44(8)38(49)54-39(2,3)4)34(45)43(7)32(25-40(5,6)42)35(46)53-33(36(47)51-26-29-12-10-9-11-13-29)24-28-14-16-30(17-15-28)31-18-22-50-23-19-31;1-24(46-34(43)36(38-4)17-18-36)31(40)39(5)29(22-35(2,3)37)32(41)47-30(33(42)45-23-26-9-7-6-8-10-26)21-25-11-13-27(14-12-25)28-15-19-44-20-16-28/h9-18,27,32-33H,19-26H2,1-8H3;6-15,24,29-30,38H,16-23H2,1-5H3/t27-,32+,33-;24-,29+,30-/m11/s1. The fraction of sp³-hybridized carbons (Fsp3) is 0.519. The Balaban J connectivity index is 0.000000286. The molecular formula is C77H98F2N4O18. The van der Waals surface area contributed by atoms with Crippen LogP contribution in [-0.4, -0.2) is 188 Å². The lowest BCUT2D eigenvalue weighted by Gasteiger charge is -2.33. The second-order valence-corrected chi connectivity index (χ2v) is 28.2. The van der Waals surface area contributed by atoms with E-state index in [2.05, 4.69) is 5.32 Å². The van der Waals surface area contributed by atoms with Crippen molar-refractivity contribution in [3.63, 3.8) is 0 Å². The molecule has 8 rings (SSSR count). The van der Waals surface area contributed by atoms with E-state index >= 15 is 8.78 Å². The summed E-state index contributed by atoms with van der Waals surface area (Å²) in [5.74, 6) is -6.52. The van der Waals surface area contributed by atoms with Crippen LogP contribution in [0, 0.1) is 0 Å². The Hall–Kier alpha value is -8.87. The third-order valence-electron chi connectivity index (χ3n) is 17.7. The largest absolute Gasteiger partial charge is 0.458 e. The smallest absolute Gasteiger partial charge is 0.410 e. The van der Waals surface area contributed by atoms with Gasteiger partial charge >= 0.3 is 41.9 Å². The molecule has 4 aliphatic rings. The molecule has 101 heavy (non-hydrogen) atoms. The number of carbonyl (C=O) groups excluding carboxylic acids is 9. The lowest BCUT2D eigenvalue weighted by Crippen LogP contribution is -2.52. The third-order valence-corrected chi connectivity index (χ3v) is 17.7. The Kier molecular flexibility index (Phi) is 27.6. The Morgan fingerprint density at radius 3 is 1.23 bits per heavy atom. The topological polar surface area (TPSA) is 258 Å². The Labute approximate surface area is 590 Å². The van der Waals surface area contributed by atoms with Crippen molar-refractivity contribution >= 4 is 64.9 Å². The van der Waals surface area contributed by atoms with Crippen molar-refractivity contribution in [2.45, 2.75) is 204 Å². The number of halogens is 2. The summed E-state index contributed by atoms with van der Waals surface area (Å²) in [7, 11) is 5.66. The van der Waals surface area contributed by atoms with Gasteiger partial charge in [0.2, 0.25) is 12.2 Å². The van der Waals surface area contributed by atoms with Crippen LogP contribution >= 0.6 is 0 Å². The minimum absolute atomic E-state index is 0.00861. The molecule has 4 aromatic carbocycles. The van der Waals surface area contributed by atoms with Crippen LogP contribution in [0.1, 0.15) is 147 Å². The number of alkyl halides is 2. The van der Waals surface area contributed by atoms with E-state index in [9.17, 15) is 43.2 Å². The van der Waals surface area contributed by atoms with Crippen LogP contribution in [0.4, 0.5) is 13.6 Å². The number of nitrogens with one attached hydrogen (secondary N) is 1. The number of hydrogen-bond donors (Lipinski definition) is 1. The van der Waals surface area contributed by atoms with Crippen LogP contribution in [0.5, 0.6) is 0 Å². The molecule has 0 spiro atoms. The normalized spacial score (nSPS) is 17.1. The highest BCUT2D eigenvalue weighted by atomic mass is 19.1. The first-order valence-corrected chi connectivity index (χ1v) is 34.1. The van der Waals surface area contributed by atoms with Gasteiger partial charge in [0.15, 0.2) is 12.2 Å². The van der Waals surface area contributed by atoms with Crippen LogP contribution in [0.2, 0.25) is 0 Å². The number of benzene rings is 4. The summed E-state index contributed by atoms with van der Waals surface area (Å²) in [6, 6.07) is 30.2. The Morgan fingerprint density at radius 1 is 0.515 bits per heavy atom. The van der Waals surface area contributed by atoms with Gasteiger partial charge in [-0.2, -0.15) is 0 Å². The predicted octanol–water partition coefficient (Wildman–Crippen LogP) is 10.3. The second kappa shape index (κ2) is 35.1. The summed E-state index contributed by atoms with van der Waals surface area (Å²) < 4.78 is 80.1. The lowest BCUT2D eigenvalue weighted by molar-refractivity contribution is -0.175. The average molecular weight is 1410 g/mol. The van der Waals surface area contributed by atoms with Crippen molar-refractivity contribution in [2.24, 2.45) is 0 Å². The average Bonchev–Trinajstić information content (AvgIpc) is 1.60. The zero-order valence-corrected chi connectivity index (χ0v) is 60.3. The molecule has 4 aromatic rings. The summed E-state index contributed by atoms with van der Waals surface area (Å²) in [6.45, 7) is 15.1. The molecule has 1 N–H and O–H groups in total. The summed E-state index contributed by atoms with van der Waals surface area (Å²) in [6.07, 6.45) is 0.229. The molecule has 0 radical (unpaired) electrons. The minimum Gasteiger partial charge on any atom is -0.458 e. The van der Waals surface area contributed by atoms with Crippen LogP contribution < -0.4 is 5.32 Å². The Bertz CT molecular complexity index is 3580. The van der Waals surface area contributed by atoms with E-state index in [0.717, 1.165) is 56.0 Å². The lowest BCUT2D eigenvalue weighted by atomic mass is 9.98. The predicted molar refractivity (Wildman–Crippen MR) is 370 cm³/mol. The maximum absolute atomic E-state index is 15.2. The molecule has 22 nitrogen and oxygen atoms in total. The molecule has 548 valence electrons. The van der Waals surface area contributed by atoms with Crippen molar-refractivity contribution in [1.29, 1.82) is 0 Å². The van der Waals surface area contributed by atoms with Crippen molar-refractivity contribution in [2.75, 3.05) is 54.6 Å². The zero-order chi connectivity index (χ0) is 74.0. The van der Waals surface area contributed by atoms with Gasteiger partial charge in [-0.05, 0) is 152 Å². The Morgan fingerprint density at radius 2 is 0.901 bits per heavy atom. The molecule has 0 bridgehead atoms. The van der Waals surface area contributed by atoms with E-state index in [1.54, 1.807) is 64.2 Å². The first-order chi connectivity index (χ1) is 47.6. The van der Waals surface area contributed by atoms with Gasteiger partial charge in [0.05, 0.1) is 26.4 Å². The van der Waals surface area contributed by atoms with E-state index in [4.69, 9.17) is 42.6 Å². The van der Waals surface area contributed by atoms with Gasteiger partial charge in [-0.1, -0.05) is 121 Å². The quantitative estimate of drug-likeness (QED) is 0.0376. The van der Waals surface area contributed by atoms with Gasteiger partial charge in [0, 0.05) is 46.8 Å². The summed E-state index contributed by atoms with van der Waals surface area (Å²) in [4.78, 5) is 123. The third kappa shape index (κ3) is 23.6. The molecule has 6 atom stereocenters. The van der Waals surface area contributed by atoms with Crippen molar-refractivity contribution < 1.29 is 94.6 Å². The number of amides is 3. The molecule has 0 unspecified atom stereocenters. The highest BCUT2D eigenvalue weighted by Gasteiger charge is 2.58. The molecule has 0 saturated heterocycles. The first-order valence-electron chi connectivity index (χ1n) is 34.1. The van der Waals surface area contributed by atoms with Crippen molar-refractivity contribution in [3.8, 4) is 0 Å². The number of hydrogen-bond acceptors (Lipinski definition) is 19. The van der Waals surface area contributed by atoms with Crippen molar-refractivity contribution in [1.82, 2.24) is 20.0 Å². The molecule has 2 aliphatic heterocycles. The monoisotopic (exact) mass is 1400 g/mol. The van der Waals surface area contributed by atoms with E-state index < -0.39 is 131 Å². The zero-order valence-electron chi connectivity index (χ0n) is 60.3. The van der Waals surface area contributed by atoms with Crippen molar-refractivity contribution in [3.05, 3.63) is 155 Å². The number of carbonyl (C=O) groups is 9. The highest BCUT2D eigenvalue weighted by Crippen LogP contribution is 2.43. The molecule has 3 amide bonds. The summed E-state index contributed by atoms with van der Waals surface area (Å²) >= 11 is 0. The number of rotatable bonds is 30. The first kappa shape index (κ1) is 79.5. The van der Waals surface area contributed by atoms with E-state index in [1.165, 1.54) is 67.6 Å². The minimum atomic E-state index is -1.95. The van der Waals surface area contributed by atoms with E-state index in [0.29, 0.717) is 63.2 Å². The molecule has 24 heteroatoms. The number of esters is 6. The van der Waals surface area contributed by atoms with Gasteiger partial charge in [-0.15, -0.1) is 0 Å². The number of nitrogens with zero attached hydrogens (tertiary/aromatic N) is 3. The molecule has 0 aromatic heterocycles. The van der Waals surface area contributed by atoms with Gasteiger partial charge in [-0.3, -0.25) is 19.3 Å². The summed E-state index contributed by atoms with van der Waals surface area (Å²) in [5.41, 5.74) is 0.438. The van der Waals surface area contributed by atoms with Gasteiger partial charge in [0.1, 0.15) is 53.3 Å². The summed E-state index contributed by atoms with van der Waals surface area (Å²) in [5, 5.41) is 2.92. The fourth-order valence-corrected chi connectivity index (χ4v) is 11.3. The molecule has 2 saturated carbocycles. The van der Waals surface area contributed by atoms with Gasteiger partial charge in [-0.25, -0.2) is 37.5 Å². The van der Waals surface area contributed by atoms with Crippen LogP contribution in [-0.2, 0) is 107 Å². The van der Waals surface area contributed by atoms with Crippen LogP contribution in [0.25, 0.3) is 11.1 Å². The molecule has 2 fully saturated rings. The fourth-order valence-electron chi connectivity index (χ4n) is 11.3. The van der Waals surface area contributed by atoms with E-state index in [-0.39, 0.29) is 26.1 Å². The molecule has 2 aliphatic carbocycles. The maximum Gasteiger partial charge on any atom is 0.410 e. The van der Waals surface area contributed by atoms with Gasteiger partial charge < -0.3 is 57.7 Å².